The van der Waals surface area contributed by atoms with Crippen LogP contribution in [-0.2, 0) is 6.42 Å². The van der Waals surface area contributed by atoms with E-state index in [0.29, 0.717) is 6.54 Å². The van der Waals surface area contributed by atoms with E-state index in [1.165, 1.54) is 16.9 Å². The van der Waals surface area contributed by atoms with Gasteiger partial charge in [-0.1, -0.05) is 18.2 Å². The Hall–Kier alpha value is -2.73. The van der Waals surface area contributed by atoms with E-state index in [1.807, 2.05) is 30.0 Å². The minimum absolute atomic E-state index is 0.0993. The Bertz CT molecular complexity index is 1000. The quantitative estimate of drug-likeness (QED) is 0.626. The third-order valence-corrected chi connectivity index (χ3v) is 6.33. The zero-order chi connectivity index (χ0) is 20.2. The number of likely N-dealkylation sites (tertiary alicyclic amines) is 1. The molecule has 3 aromatic rings. The van der Waals surface area contributed by atoms with Gasteiger partial charge in [0, 0.05) is 36.8 Å². The van der Waals surface area contributed by atoms with Crippen molar-refractivity contribution < 1.29 is 9.53 Å². The van der Waals surface area contributed by atoms with Crippen molar-refractivity contribution in [3.05, 3.63) is 75.5 Å². The zero-order valence-electron chi connectivity index (χ0n) is 16.8. The lowest BCUT2D eigenvalue weighted by atomic mass is 9.93. The number of hydrogen-bond donors (Lipinski definition) is 0. The number of aromatic nitrogens is 2. The maximum atomic E-state index is 12.9. The number of rotatable bonds is 5. The normalized spacial score (nSPS) is 16.6. The Balaban J connectivity index is 1.48. The lowest BCUT2D eigenvalue weighted by Gasteiger charge is -2.32. The van der Waals surface area contributed by atoms with Crippen molar-refractivity contribution in [1.82, 2.24) is 14.9 Å². The number of benzene rings is 1. The molecule has 5 nitrogen and oxygen atoms in total. The van der Waals surface area contributed by atoms with Gasteiger partial charge in [0.2, 0.25) is 0 Å². The Morgan fingerprint density at radius 1 is 1.28 bits per heavy atom. The van der Waals surface area contributed by atoms with Crippen LogP contribution in [0.3, 0.4) is 0 Å². The van der Waals surface area contributed by atoms with Gasteiger partial charge in [-0.25, -0.2) is 4.98 Å². The third-order valence-electron chi connectivity index (χ3n) is 5.41. The summed E-state index contributed by atoms with van der Waals surface area (Å²) in [5.41, 5.74) is 5.85. The van der Waals surface area contributed by atoms with Gasteiger partial charge in [0.05, 0.1) is 18.3 Å². The summed E-state index contributed by atoms with van der Waals surface area (Å²) in [6, 6.07) is 14.3. The molecule has 1 aliphatic heterocycles. The van der Waals surface area contributed by atoms with Crippen molar-refractivity contribution in [2.75, 3.05) is 20.2 Å². The molecule has 1 atom stereocenters. The zero-order valence-corrected chi connectivity index (χ0v) is 17.6. The molecule has 1 fully saturated rings. The van der Waals surface area contributed by atoms with Gasteiger partial charge in [-0.15, -0.1) is 11.3 Å². The molecule has 3 heterocycles. The Morgan fingerprint density at radius 2 is 2.14 bits per heavy atom. The van der Waals surface area contributed by atoms with Crippen molar-refractivity contribution in [2.45, 2.75) is 32.1 Å². The SMILES string of the molecule is COc1cccc(Cc2cccc(C3CCCN(C(=O)c4scnc4C)C3)n2)c1. The van der Waals surface area contributed by atoms with Crippen LogP contribution in [-0.4, -0.2) is 41.0 Å². The number of piperidine rings is 1. The number of nitrogens with zero attached hydrogens (tertiary/aromatic N) is 3. The second kappa shape index (κ2) is 8.74. The number of pyridine rings is 1. The van der Waals surface area contributed by atoms with Crippen molar-refractivity contribution in [3.8, 4) is 5.75 Å². The Morgan fingerprint density at radius 3 is 2.93 bits per heavy atom. The molecule has 29 heavy (non-hydrogen) atoms. The molecule has 1 unspecified atom stereocenters. The summed E-state index contributed by atoms with van der Waals surface area (Å²) in [5.74, 6) is 1.23. The molecule has 2 aromatic heterocycles. The average molecular weight is 408 g/mol. The van der Waals surface area contributed by atoms with Gasteiger partial charge < -0.3 is 9.64 Å². The van der Waals surface area contributed by atoms with E-state index in [9.17, 15) is 4.79 Å². The van der Waals surface area contributed by atoms with E-state index in [1.54, 1.807) is 12.6 Å². The first-order chi connectivity index (χ1) is 14.1. The van der Waals surface area contributed by atoms with Crippen molar-refractivity contribution in [2.24, 2.45) is 0 Å². The number of carbonyl (C=O) groups is 1. The van der Waals surface area contributed by atoms with Crippen LogP contribution in [0, 0.1) is 6.92 Å². The van der Waals surface area contributed by atoms with Crippen molar-refractivity contribution >= 4 is 17.2 Å². The molecule has 1 aromatic carbocycles. The molecule has 1 amide bonds. The molecule has 0 aliphatic carbocycles. The summed E-state index contributed by atoms with van der Waals surface area (Å²) in [5, 5.41) is 0. The highest BCUT2D eigenvalue weighted by molar-refractivity contribution is 7.11. The van der Waals surface area contributed by atoms with Crippen LogP contribution in [0.5, 0.6) is 5.75 Å². The number of hydrogen-bond acceptors (Lipinski definition) is 5. The predicted octanol–water partition coefficient (Wildman–Crippen LogP) is 4.47. The van der Waals surface area contributed by atoms with Crippen molar-refractivity contribution in [1.29, 1.82) is 0 Å². The highest BCUT2D eigenvalue weighted by Gasteiger charge is 2.28. The number of amides is 1. The maximum absolute atomic E-state index is 12.9. The molecular formula is C23H25N3O2S. The van der Waals surface area contributed by atoms with E-state index in [2.05, 4.69) is 29.2 Å². The molecule has 150 valence electrons. The molecule has 0 N–H and O–H groups in total. The molecule has 0 radical (unpaired) electrons. The largest absolute Gasteiger partial charge is 0.497 e. The van der Waals surface area contributed by atoms with Crippen LogP contribution >= 0.6 is 11.3 Å². The number of carbonyl (C=O) groups excluding carboxylic acids is 1. The van der Waals surface area contributed by atoms with Crippen LogP contribution in [0.4, 0.5) is 0 Å². The summed E-state index contributed by atoms with van der Waals surface area (Å²) < 4.78 is 5.32. The van der Waals surface area contributed by atoms with Crippen LogP contribution < -0.4 is 4.74 Å². The number of methoxy groups -OCH3 is 1. The standard InChI is InChI=1S/C23H25N3O2S/c1-16-22(29-15-24-16)23(27)26-11-5-7-18(14-26)21-10-4-8-19(25-21)12-17-6-3-9-20(13-17)28-2/h3-4,6,8-10,13,15,18H,5,7,11-12,14H2,1-2H3. The van der Waals surface area contributed by atoms with Crippen LogP contribution in [0.15, 0.2) is 48.0 Å². The van der Waals surface area contributed by atoms with Crippen molar-refractivity contribution in [3.63, 3.8) is 0 Å². The molecule has 0 saturated carbocycles. The number of ether oxygens (including phenoxy) is 1. The number of thiazole rings is 1. The molecule has 1 saturated heterocycles. The summed E-state index contributed by atoms with van der Waals surface area (Å²) in [7, 11) is 1.68. The molecule has 4 rings (SSSR count). The summed E-state index contributed by atoms with van der Waals surface area (Å²) in [6.45, 7) is 3.41. The molecule has 0 spiro atoms. The van der Waals surface area contributed by atoms with Gasteiger partial charge in [0.15, 0.2) is 0 Å². The Labute approximate surface area is 175 Å². The summed E-state index contributed by atoms with van der Waals surface area (Å²) in [6.07, 6.45) is 2.82. The lowest BCUT2D eigenvalue weighted by molar-refractivity contribution is 0.0710. The van der Waals surface area contributed by atoms with E-state index >= 15 is 0 Å². The average Bonchev–Trinajstić information content (AvgIpc) is 3.19. The Kier molecular flexibility index (Phi) is 5.90. The van der Waals surface area contributed by atoms with Gasteiger partial charge in [-0.2, -0.15) is 0 Å². The molecular weight excluding hydrogens is 382 g/mol. The molecule has 6 heteroatoms. The minimum Gasteiger partial charge on any atom is -0.497 e. The van der Waals surface area contributed by atoms with E-state index in [-0.39, 0.29) is 11.8 Å². The topological polar surface area (TPSA) is 55.3 Å². The first-order valence-electron chi connectivity index (χ1n) is 9.92. The fourth-order valence-electron chi connectivity index (χ4n) is 3.87. The third kappa shape index (κ3) is 4.48. The lowest BCUT2D eigenvalue weighted by Crippen LogP contribution is -2.39. The smallest absolute Gasteiger partial charge is 0.265 e. The number of aryl methyl sites for hydroxylation is 1. The summed E-state index contributed by atoms with van der Waals surface area (Å²) in [4.78, 5) is 24.8. The highest BCUT2D eigenvalue weighted by atomic mass is 32.1. The fourth-order valence-corrected chi connectivity index (χ4v) is 4.64. The van der Waals surface area contributed by atoms with E-state index < -0.39 is 0 Å². The van der Waals surface area contributed by atoms with E-state index in [4.69, 9.17) is 9.72 Å². The van der Waals surface area contributed by atoms with E-state index in [0.717, 1.165) is 53.5 Å². The van der Waals surface area contributed by atoms with Gasteiger partial charge >= 0.3 is 0 Å². The predicted molar refractivity (Wildman–Crippen MR) is 115 cm³/mol. The van der Waals surface area contributed by atoms with Crippen LogP contribution in [0.1, 0.15) is 51.1 Å². The monoisotopic (exact) mass is 407 g/mol. The van der Waals surface area contributed by atoms with Crippen LogP contribution in [0.25, 0.3) is 0 Å². The molecule has 1 aliphatic rings. The van der Waals surface area contributed by atoms with Crippen LogP contribution in [0.2, 0.25) is 0 Å². The highest BCUT2D eigenvalue weighted by Crippen LogP contribution is 2.28. The van der Waals surface area contributed by atoms with Gasteiger partial charge in [-0.05, 0) is 49.6 Å². The first-order valence-corrected chi connectivity index (χ1v) is 10.8. The second-order valence-electron chi connectivity index (χ2n) is 7.44. The fraction of sp³-hybridized carbons (Fsp3) is 0.348. The minimum atomic E-state index is 0.0993. The maximum Gasteiger partial charge on any atom is 0.265 e. The van der Waals surface area contributed by atoms with Gasteiger partial charge in [0.1, 0.15) is 10.6 Å². The first kappa shape index (κ1) is 19.6. The van der Waals surface area contributed by atoms with Gasteiger partial charge in [-0.3, -0.25) is 9.78 Å². The van der Waals surface area contributed by atoms with Gasteiger partial charge in [0.25, 0.3) is 5.91 Å². The second-order valence-corrected chi connectivity index (χ2v) is 8.29. The molecule has 0 bridgehead atoms. The summed E-state index contributed by atoms with van der Waals surface area (Å²) >= 11 is 1.43.